The van der Waals surface area contributed by atoms with Crippen molar-refractivity contribution in [2.45, 2.75) is 30.6 Å². The molecule has 100 valence electrons. The lowest BCUT2D eigenvalue weighted by molar-refractivity contribution is -0.117. The molecule has 0 amide bonds. The largest absolute Gasteiger partial charge is 0.418 e. The van der Waals surface area contributed by atoms with Crippen LogP contribution in [0.4, 0.5) is 0 Å². The van der Waals surface area contributed by atoms with Crippen LogP contribution < -0.4 is 5.73 Å². The molecule has 0 aliphatic carbocycles. The van der Waals surface area contributed by atoms with Gasteiger partial charge in [0.2, 0.25) is 0 Å². The molecular weight excluding hydrogens is 246 g/mol. The third-order valence-corrected chi connectivity index (χ3v) is 3.03. The van der Waals surface area contributed by atoms with E-state index < -0.39 is 37.2 Å². The van der Waals surface area contributed by atoms with Crippen molar-refractivity contribution in [3.8, 4) is 0 Å². The summed E-state index contributed by atoms with van der Waals surface area (Å²) in [5.41, 5.74) is 5.51. The quantitative estimate of drug-likeness (QED) is 0.308. The Kier molecular flexibility index (Phi) is 2.55. The zero-order valence-electron chi connectivity index (χ0n) is 9.21. The van der Waals surface area contributed by atoms with Gasteiger partial charge in [-0.25, -0.2) is 0 Å². The number of aliphatic hydroxyl groups is 3. The van der Waals surface area contributed by atoms with Gasteiger partial charge in [0.05, 0.1) is 6.61 Å². The number of amidine groups is 1. The first-order valence-corrected chi connectivity index (χ1v) is 5.39. The number of hydrogen-bond donors (Lipinski definition) is 4. The maximum atomic E-state index is 9.88. The van der Waals surface area contributed by atoms with Crippen LogP contribution in [0.15, 0.2) is 17.3 Å². The average molecular weight is 259 g/mol. The second kappa shape index (κ2) is 3.88. The lowest BCUT2D eigenvalue weighted by atomic mass is 10.1. The predicted molar refractivity (Wildman–Crippen MR) is 55.3 cm³/mol. The van der Waals surface area contributed by atoms with Crippen molar-refractivity contribution < 1.29 is 29.8 Å². The number of nitrogens with zero attached hydrogens (tertiary/aromatic N) is 2. The molecule has 0 bridgehead atoms. The molecule has 2 fully saturated rings. The summed E-state index contributed by atoms with van der Waals surface area (Å²) in [7, 11) is 0. The van der Waals surface area contributed by atoms with E-state index in [-0.39, 0.29) is 5.84 Å². The Morgan fingerprint density at radius 1 is 1.39 bits per heavy atom. The Morgan fingerprint density at radius 3 is 2.67 bits per heavy atom. The minimum Gasteiger partial charge on any atom is -0.394 e. The summed E-state index contributed by atoms with van der Waals surface area (Å²) >= 11 is 0. The summed E-state index contributed by atoms with van der Waals surface area (Å²) in [5.74, 6) is 0.204. The number of aliphatic imine (C=N–C) groups is 1. The smallest absolute Gasteiger partial charge is 0.394 e. The Hall–Kier alpha value is -1.23. The van der Waals surface area contributed by atoms with E-state index in [2.05, 4.69) is 4.99 Å². The average Bonchev–Trinajstić information content (AvgIpc) is 3.04. The van der Waals surface area contributed by atoms with Crippen molar-refractivity contribution in [1.82, 2.24) is 4.90 Å². The van der Waals surface area contributed by atoms with E-state index in [1.165, 1.54) is 17.2 Å². The van der Waals surface area contributed by atoms with Gasteiger partial charge in [0.15, 0.2) is 6.23 Å². The molecule has 3 rings (SSSR count). The lowest BCUT2D eigenvalue weighted by Crippen LogP contribution is -2.49. The van der Waals surface area contributed by atoms with Gasteiger partial charge in [-0.1, -0.05) is 0 Å². The highest BCUT2D eigenvalue weighted by atomic mass is 17.4. The molecule has 2 saturated heterocycles. The van der Waals surface area contributed by atoms with Crippen molar-refractivity contribution >= 4 is 5.84 Å². The van der Waals surface area contributed by atoms with Gasteiger partial charge in [-0.05, 0) is 6.08 Å². The van der Waals surface area contributed by atoms with E-state index in [9.17, 15) is 10.2 Å². The molecule has 0 unspecified atom stereocenters. The van der Waals surface area contributed by atoms with Crippen LogP contribution in [0.1, 0.15) is 0 Å². The number of ether oxygens (including phenoxy) is 1. The molecular formula is C9H13N3O6. The molecule has 0 radical (unpaired) electrons. The first-order chi connectivity index (χ1) is 8.57. The Labute approximate surface area is 102 Å². The van der Waals surface area contributed by atoms with Crippen molar-refractivity contribution in [1.29, 1.82) is 0 Å². The molecule has 3 heterocycles. The van der Waals surface area contributed by atoms with Crippen molar-refractivity contribution in [2.75, 3.05) is 6.61 Å². The molecule has 9 nitrogen and oxygen atoms in total. The van der Waals surface area contributed by atoms with E-state index >= 15 is 0 Å². The maximum absolute atomic E-state index is 9.88. The zero-order chi connectivity index (χ0) is 12.9. The van der Waals surface area contributed by atoms with E-state index in [1.807, 2.05) is 0 Å². The number of rotatable bonds is 2. The molecule has 0 aromatic carbocycles. The first kappa shape index (κ1) is 11.8. The third kappa shape index (κ3) is 1.61. The van der Waals surface area contributed by atoms with Gasteiger partial charge >= 0.3 is 6.03 Å². The molecule has 0 saturated carbocycles. The summed E-state index contributed by atoms with van der Waals surface area (Å²) in [6.07, 6.45) is -1.30. The van der Waals surface area contributed by atoms with Gasteiger partial charge in [-0.3, -0.25) is 4.90 Å². The van der Waals surface area contributed by atoms with Crippen LogP contribution in [0.5, 0.6) is 0 Å². The summed E-state index contributed by atoms with van der Waals surface area (Å²) in [4.78, 5) is 14.8. The third-order valence-electron chi connectivity index (χ3n) is 3.03. The first-order valence-electron chi connectivity index (χ1n) is 5.39. The van der Waals surface area contributed by atoms with E-state index in [4.69, 9.17) is 25.4 Å². The van der Waals surface area contributed by atoms with Crippen LogP contribution in [-0.2, 0) is 14.5 Å². The van der Waals surface area contributed by atoms with Crippen molar-refractivity contribution in [2.24, 2.45) is 10.7 Å². The SMILES string of the molecule is NC1=NC2(OO2)N([C@@H]2O[C@H](CO)[C@@H](O)[C@H]2O)C=C1. The fourth-order valence-corrected chi connectivity index (χ4v) is 2.03. The molecule has 0 aromatic rings. The fraction of sp³-hybridized carbons (Fsp3) is 0.667. The van der Waals surface area contributed by atoms with Gasteiger partial charge in [-0.15, -0.1) is 9.78 Å². The van der Waals surface area contributed by atoms with Gasteiger partial charge in [0.25, 0.3) is 0 Å². The zero-order valence-corrected chi connectivity index (χ0v) is 9.21. The van der Waals surface area contributed by atoms with Crippen LogP contribution >= 0.6 is 0 Å². The van der Waals surface area contributed by atoms with Crippen LogP contribution in [0, 0.1) is 0 Å². The van der Waals surface area contributed by atoms with E-state index in [0.29, 0.717) is 0 Å². The normalized spacial score (nSPS) is 41.3. The topological polar surface area (TPSA) is 137 Å². The summed E-state index contributed by atoms with van der Waals surface area (Å²) in [6, 6.07) is -1.44. The predicted octanol–water partition coefficient (Wildman–Crippen LogP) is -2.81. The summed E-state index contributed by atoms with van der Waals surface area (Å²) in [6.45, 7) is -0.410. The monoisotopic (exact) mass is 259 g/mol. The standard InChI is InChI=1S/C9H13N3O6/c10-5-1-2-12(9(11-5)17-18-9)8-7(15)6(14)4(3-13)16-8/h1-2,4,6-8,13-15H,3H2,(H2,10,11)/t4-,6-,7-,8-/m1/s1. The molecule has 18 heavy (non-hydrogen) atoms. The molecule has 3 aliphatic rings. The van der Waals surface area contributed by atoms with Gasteiger partial charge in [0, 0.05) is 6.20 Å². The van der Waals surface area contributed by atoms with Crippen LogP contribution in [0.25, 0.3) is 0 Å². The number of aliphatic hydroxyl groups excluding tert-OH is 3. The van der Waals surface area contributed by atoms with Crippen LogP contribution in [0.3, 0.4) is 0 Å². The minimum absolute atomic E-state index is 0.204. The Bertz CT molecular complexity index is 409. The van der Waals surface area contributed by atoms with Crippen LogP contribution in [-0.4, -0.2) is 63.2 Å². The molecule has 1 spiro atoms. The van der Waals surface area contributed by atoms with Gasteiger partial charge in [0.1, 0.15) is 24.1 Å². The molecule has 4 atom stereocenters. The molecule has 9 heteroatoms. The van der Waals surface area contributed by atoms with Crippen molar-refractivity contribution in [3.63, 3.8) is 0 Å². The Morgan fingerprint density at radius 2 is 2.11 bits per heavy atom. The van der Waals surface area contributed by atoms with E-state index in [0.717, 1.165) is 0 Å². The van der Waals surface area contributed by atoms with E-state index in [1.54, 1.807) is 0 Å². The van der Waals surface area contributed by atoms with Gasteiger partial charge in [-0.2, -0.15) is 4.99 Å². The van der Waals surface area contributed by atoms with Crippen molar-refractivity contribution in [3.05, 3.63) is 12.3 Å². The summed E-state index contributed by atoms with van der Waals surface area (Å²) in [5, 5.41) is 28.6. The van der Waals surface area contributed by atoms with Crippen LogP contribution in [0.2, 0.25) is 0 Å². The highest BCUT2D eigenvalue weighted by Crippen LogP contribution is 2.41. The van der Waals surface area contributed by atoms with Gasteiger partial charge < -0.3 is 25.8 Å². The molecule has 0 aromatic heterocycles. The summed E-state index contributed by atoms with van der Waals surface area (Å²) < 4.78 is 5.34. The highest BCUT2D eigenvalue weighted by Gasteiger charge is 2.62. The Balaban J connectivity index is 1.82. The second-order valence-electron chi connectivity index (χ2n) is 4.20. The number of nitrogens with two attached hydrogens (primary N) is 1. The maximum Gasteiger partial charge on any atom is 0.418 e. The molecule has 3 aliphatic heterocycles. The number of hydrogen-bond acceptors (Lipinski definition) is 9. The second-order valence-corrected chi connectivity index (χ2v) is 4.20. The minimum atomic E-state index is -1.44. The fourth-order valence-electron chi connectivity index (χ4n) is 2.03. The molecule has 5 N–H and O–H groups in total. The lowest BCUT2D eigenvalue weighted by Gasteiger charge is -2.30. The highest BCUT2D eigenvalue weighted by molar-refractivity contribution is 5.92.